The highest BCUT2D eigenvalue weighted by Gasteiger charge is 2.14. The first-order chi connectivity index (χ1) is 15.8. The molecule has 0 aliphatic carbocycles. The van der Waals surface area contributed by atoms with Crippen LogP contribution in [-0.2, 0) is 0 Å². The third-order valence-corrected chi connectivity index (χ3v) is 6.41. The largest absolute Gasteiger partial charge is 0.309 e. The highest BCUT2D eigenvalue weighted by atomic mass is 35.5. The Morgan fingerprint density at radius 3 is 1.72 bits per heavy atom. The topological polar surface area (TPSA) is 4.93 Å². The molecule has 5 aromatic carbocycles. The van der Waals surface area contributed by atoms with Crippen molar-refractivity contribution < 1.29 is 0 Å². The van der Waals surface area contributed by atoms with Gasteiger partial charge in [0.15, 0.2) is 0 Å². The molecule has 1 aromatic heterocycles. The maximum absolute atomic E-state index is 6.70. The lowest BCUT2D eigenvalue weighted by atomic mass is 9.94. The van der Waals surface area contributed by atoms with Crippen LogP contribution in [-0.4, -0.2) is 4.57 Å². The lowest BCUT2D eigenvalue weighted by molar-refractivity contribution is 1.18. The zero-order valence-electron chi connectivity index (χ0n) is 17.4. The van der Waals surface area contributed by atoms with E-state index in [0.29, 0.717) is 0 Å². The van der Waals surface area contributed by atoms with Crippen molar-refractivity contribution in [2.24, 2.45) is 0 Å². The van der Waals surface area contributed by atoms with Gasteiger partial charge in [0.05, 0.1) is 11.0 Å². The molecule has 1 heterocycles. The number of halogens is 1. The fraction of sp³-hybridized carbons (Fsp3) is 0. The van der Waals surface area contributed by atoms with Crippen LogP contribution in [0.3, 0.4) is 0 Å². The summed E-state index contributed by atoms with van der Waals surface area (Å²) in [6.07, 6.45) is 0. The van der Waals surface area contributed by atoms with Crippen LogP contribution in [0.2, 0.25) is 5.02 Å². The Morgan fingerprint density at radius 2 is 1.06 bits per heavy atom. The summed E-state index contributed by atoms with van der Waals surface area (Å²) < 4.78 is 2.33. The molecule has 0 saturated heterocycles. The van der Waals surface area contributed by atoms with Gasteiger partial charge in [0, 0.05) is 27.0 Å². The van der Waals surface area contributed by atoms with E-state index in [-0.39, 0.29) is 0 Å². The van der Waals surface area contributed by atoms with Gasteiger partial charge in [-0.1, -0.05) is 103 Å². The van der Waals surface area contributed by atoms with Crippen LogP contribution in [0.5, 0.6) is 0 Å². The lowest BCUT2D eigenvalue weighted by Crippen LogP contribution is -1.94. The molecule has 0 radical (unpaired) electrons. The smallest absolute Gasteiger partial charge is 0.0541 e. The molecule has 0 aliphatic rings. The van der Waals surface area contributed by atoms with Crippen LogP contribution in [0, 0.1) is 0 Å². The Kier molecular flexibility index (Phi) is 4.56. The molecule has 6 aromatic rings. The number of hydrogen-bond acceptors (Lipinski definition) is 0. The quantitative estimate of drug-likeness (QED) is 0.265. The van der Waals surface area contributed by atoms with Crippen molar-refractivity contribution in [3.05, 3.63) is 126 Å². The second-order valence-corrected chi connectivity index (χ2v) is 8.35. The van der Waals surface area contributed by atoms with E-state index in [9.17, 15) is 0 Å². The van der Waals surface area contributed by atoms with Crippen LogP contribution in [0.25, 0.3) is 49.7 Å². The molecule has 0 N–H and O–H groups in total. The molecule has 152 valence electrons. The third kappa shape index (κ3) is 3.02. The van der Waals surface area contributed by atoms with Crippen molar-refractivity contribution in [3.8, 4) is 27.9 Å². The summed E-state index contributed by atoms with van der Waals surface area (Å²) in [5.41, 5.74) is 8.04. The van der Waals surface area contributed by atoms with Gasteiger partial charge in [-0.15, -0.1) is 0 Å². The molecule has 0 unspecified atom stereocenters. The third-order valence-electron chi connectivity index (χ3n) is 6.09. The van der Waals surface area contributed by atoms with E-state index in [2.05, 4.69) is 108 Å². The minimum atomic E-state index is 0.760. The number of para-hydroxylation sites is 2. The van der Waals surface area contributed by atoms with E-state index in [0.717, 1.165) is 33.0 Å². The fourth-order valence-electron chi connectivity index (χ4n) is 4.65. The first-order valence-corrected chi connectivity index (χ1v) is 11.1. The molecule has 6 rings (SSSR count). The second kappa shape index (κ2) is 7.71. The van der Waals surface area contributed by atoms with Crippen LogP contribution in [0.4, 0.5) is 0 Å². The monoisotopic (exact) mass is 429 g/mol. The molecule has 32 heavy (non-hydrogen) atoms. The zero-order valence-corrected chi connectivity index (χ0v) is 18.1. The van der Waals surface area contributed by atoms with Crippen molar-refractivity contribution >= 4 is 33.4 Å². The average molecular weight is 430 g/mol. The highest BCUT2D eigenvalue weighted by molar-refractivity contribution is 6.34. The Morgan fingerprint density at radius 1 is 0.469 bits per heavy atom. The summed E-state index contributed by atoms with van der Waals surface area (Å²) in [6.45, 7) is 0. The van der Waals surface area contributed by atoms with Crippen molar-refractivity contribution in [2.75, 3.05) is 0 Å². The Labute approximate surface area is 192 Å². The normalized spacial score (nSPS) is 11.3. The zero-order chi connectivity index (χ0) is 21.5. The van der Waals surface area contributed by atoms with Gasteiger partial charge >= 0.3 is 0 Å². The number of nitrogens with zero attached hydrogens (tertiary/aromatic N) is 1. The summed E-state index contributed by atoms with van der Waals surface area (Å²) in [4.78, 5) is 0. The van der Waals surface area contributed by atoms with Gasteiger partial charge in [-0.25, -0.2) is 0 Å². The lowest BCUT2D eigenvalue weighted by Gasteiger charge is -2.14. The minimum Gasteiger partial charge on any atom is -0.309 e. The van der Waals surface area contributed by atoms with Crippen molar-refractivity contribution in [2.45, 2.75) is 0 Å². The number of fused-ring (bicyclic) bond motifs is 3. The van der Waals surface area contributed by atoms with Gasteiger partial charge in [-0.05, 0) is 47.0 Å². The van der Waals surface area contributed by atoms with Crippen LogP contribution in [0.15, 0.2) is 121 Å². The maximum atomic E-state index is 6.70. The number of hydrogen-bond donors (Lipinski definition) is 0. The Balaban J connectivity index is 1.52. The Bertz CT molecular complexity index is 1510. The van der Waals surface area contributed by atoms with E-state index < -0.39 is 0 Å². The summed E-state index contributed by atoms with van der Waals surface area (Å²) in [5.74, 6) is 0. The molecule has 0 atom stereocenters. The van der Waals surface area contributed by atoms with E-state index in [1.807, 2.05) is 18.2 Å². The molecule has 2 heteroatoms. The molecule has 0 saturated carbocycles. The van der Waals surface area contributed by atoms with Gasteiger partial charge in [0.25, 0.3) is 0 Å². The predicted octanol–water partition coefficient (Wildman–Crippen LogP) is 8.77. The van der Waals surface area contributed by atoms with Gasteiger partial charge in [0.1, 0.15) is 0 Å². The second-order valence-electron chi connectivity index (χ2n) is 7.95. The van der Waals surface area contributed by atoms with Gasteiger partial charge < -0.3 is 4.57 Å². The van der Waals surface area contributed by atoms with Crippen molar-refractivity contribution in [3.63, 3.8) is 0 Å². The minimum absolute atomic E-state index is 0.760. The molecular formula is C30H20ClN. The molecule has 0 fully saturated rings. The van der Waals surface area contributed by atoms with Crippen LogP contribution >= 0.6 is 11.6 Å². The summed E-state index contributed by atoms with van der Waals surface area (Å²) in [6, 6.07) is 42.4. The average Bonchev–Trinajstić information content (AvgIpc) is 3.19. The molecular weight excluding hydrogens is 410 g/mol. The van der Waals surface area contributed by atoms with E-state index in [4.69, 9.17) is 11.6 Å². The standard InChI is InChI=1S/C30H20ClN/c31-27-14-8-13-24(21-9-2-1-3-10-21)30(27)22-17-19-23(20-18-22)32-28-15-6-4-11-25(28)26-12-5-7-16-29(26)32/h1-20H. The first-order valence-electron chi connectivity index (χ1n) is 10.7. The van der Waals surface area contributed by atoms with Gasteiger partial charge in [-0.3, -0.25) is 0 Å². The van der Waals surface area contributed by atoms with Gasteiger partial charge in [-0.2, -0.15) is 0 Å². The number of benzene rings is 5. The molecule has 0 amide bonds. The van der Waals surface area contributed by atoms with Crippen molar-refractivity contribution in [1.29, 1.82) is 0 Å². The van der Waals surface area contributed by atoms with Gasteiger partial charge in [0.2, 0.25) is 0 Å². The first kappa shape index (κ1) is 18.9. The summed E-state index contributed by atoms with van der Waals surface area (Å²) >= 11 is 6.70. The number of rotatable bonds is 3. The summed E-state index contributed by atoms with van der Waals surface area (Å²) in [5, 5.41) is 3.30. The molecule has 0 aliphatic heterocycles. The predicted molar refractivity (Wildman–Crippen MR) is 137 cm³/mol. The van der Waals surface area contributed by atoms with Crippen LogP contribution in [0.1, 0.15) is 0 Å². The summed E-state index contributed by atoms with van der Waals surface area (Å²) in [7, 11) is 0. The fourth-order valence-corrected chi connectivity index (χ4v) is 4.94. The van der Waals surface area contributed by atoms with E-state index >= 15 is 0 Å². The molecule has 0 bridgehead atoms. The molecule has 1 nitrogen and oxygen atoms in total. The highest BCUT2D eigenvalue weighted by Crippen LogP contribution is 2.38. The maximum Gasteiger partial charge on any atom is 0.0541 e. The van der Waals surface area contributed by atoms with Crippen LogP contribution < -0.4 is 0 Å². The van der Waals surface area contributed by atoms with Crippen molar-refractivity contribution in [1.82, 2.24) is 4.57 Å². The SMILES string of the molecule is Clc1cccc(-c2ccccc2)c1-c1ccc(-n2c3ccccc3c3ccccc32)cc1. The molecule has 0 spiro atoms. The van der Waals surface area contributed by atoms with E-state index in [1.165, 1.54) is 21.8 Å². The number of aromatic nitrogens is 1. The van der Waals surface area contributed by atoms with E-state index in [1.54, 1.807) is 0 Å². The Hall–Kier alpha value is -3.81.